The molecule has 1 N–H and O–H groups in total. The van der Waals surface area contributed by atoms with Crippen molar-refractivity contribution in [3.8, 4) is 0 Å². The van der Waals surface area contributed by atoms with Crippen molar-refractivity contribution in [2.45, 2.75) is 18.9 Å². The fourth-order valence-corrected chi connectivity index (χ4v) is 3.33. The van der Waals surface area contributed by atoms with E-state index in [0.717, 1.165) is 0 Å². The monoisotopic (exact) mass is 410 g/mol. The Balaban J connectivity index is 1.54. The predicted molar refractivity (Wildman–Crippen MR) is 104 cm³/mol. The Bertz CT molecular complexity index is 816. The van der Waals surface area contributed by atoms with Crippen molar-refractivity contribution < 1.29 is 9.59 Å². The largest absolute Gasteiger partial charge is 0.349 e. The molecule has 1 aliphatic heterocycles. The SMILES string of the molecule is O=C(NC1CCN(C(=O)c2ccc(Cl)cc2)CC1)c1ccc(Cl)c(Cl)c1. The Morgan fingerprint density at radius 2 is 1.50 bits per heavy atom. The van der Waals surface area contributed by atoms with Crippen molar-refractivity contribution in [2.24, 2.45) is 0 Å². The van der Waals surface area contributed by atoms with E-state index in [2.05, 4.69) is 5.32 Å². The zero-order valence-electron chi connectivity index (χ0n) is 13.8. The summed E-state index contributed by atoms with van der Waals surface area (Å²) in [5.41, 5.74) is 1.09. The van der Waals surface area contributed by atoms with Gasteiger partial charge in [-0.2, -0.15) is 0 Å². The van der Waals surface area contributed by atoms with Crippen LogP contribution < -0.4 is 5.32 Å². The molecule has 1 saturated heterocycles. The summed E-state index contributed by atoms with van der Waals surface area (Å²) < 4.78 is 0. The summed E-state index contributed by atoms with van der Waals surface area (Å²) >= 11 is 17.7. The maximum atomic E-state index is 12.5. The zero-order chi connectivity index (χ0) is 18.7. The average molecular weight is 412 g/mol. The van der Waals surface area contributed by atoms with Crippen LogP contribution in [-0.4, -0.2) is 35.8 Å². The van der Waals surface area contributed by atoms with Crippen LogP contribution in [0, 0.1) is 0 Å². The van der Waals surface area contributed by atoms with E-state index in [1.807, 2.05) is 0 Å². The van der Waals surface area contributed by atoms with E-state index in [1.54, 1.807) is 47.4 Å². The number of amides is 2. The molecule has 0 unspecified atom stereocenters. The summed E-state index contributed by atoms with van der Waals surface area (Å²) in [7, 11) is 0. The molecule has 3 rings (SSSR count). The quantitative estimate of drug-likeness (QED) is 0.797. The van der Waals surface area contributed by atoms with E-state index in [1.165, 1.54) is 0 Å². The molecular formula is C19H17Cl3N2O2. The van der Waals surface area contributed by atoms with E-state index < -0.39 is 0 Å². The van der Waals surface area contributed by atoms with Gasteiger partial charge in [0.15, 0.2) is 0 Å². The molecular weight excluding hydrogens is 395 g/mol. The maximum Gasteiger partial charge on any atom is 0.253 e. The van der Waals surface area contributed by atoms with Crippen LogP contribution >= 0.6 is 34.8 Å². The van der Waals surface area contributed by atoms with Crippen LogP contribution in [0.2, 0.25) is 15.1 Å². The van der Waals surface area contributed by atoms with E-state index in [-0.39, 0.29) is 17.9 Å². The standard InChI is InChI=1S/C19H17Cl3N2O2/c20-14-4-1-12(2-5-14)19(26)24-9-7-15(8-10-24)23-18(25)13-3-6-16(21)17(22)11-13/h1-6,11,15H,7-10H2,(H,23,25). The average Bonchev–Trinajstić information content (AvgIpc) is 2.64. The minimum atomic E-state index is -0.189. The summed E-state index contributed by atoms with van der Waals surface area (Å²) in [5.74, 6) is -0.207. The fourth-order valence-electron chi connectivity index (χ4n) is 2.91. The number of halogens is 3. The van der Waals surface area contributed by atoms with E-state index in [0.29, 0.717) is 52.1 Å². The van der Waals surface area contributed by atoms with E-state index in [9.17, 15) is 9.59 Å². The smallest absolute Gasteiger partial charge is 0.253 e. The van der Waals surface area contributed by atoms with Gasteiger partial charge in [-0.3, -0.25) is 9.59 Å². The van der Waals surface area contributed by atoms with Crippen molar-refractivity contribution in [3.05, 3.63) is 68.7 Å². The van der Waals surface area contributed by atoms with Gasteiger partial charge in [0.05, 0.1) is 10.0 Å². The van der Waals surface area contributed by atoms with Crippen molar-refractivity contribution in [2.75, 3.05) is 13.1 Å². The number of benzene rings is 2. The Morgan fingerprint density at radius 3 is 2.12 bits per heavy atom. The zero-order valence-corrected chi connectivity index (χ0v) is 16.1. The number of hydrogen-bond donors (Lipinski definition) is 1. The molecule has 136 valence electrons. The fraction of sp³-hybridized carbons (Fsp3) is 0.263. The van der Waals surface area contributed by atoms with Crippen molar-refractivity contribution in [1.82, 2.24) is 10.2 Å². The van der Waals surface area contributed by atoms with Crippen molar-refractivity contribution >= 4 is 46.6 Å². The molecule has 0 atom stereocenters. The number of nitrogens with one attached hydrogen (secondary N) is 1. The first-order chi connectivity index (χ1) is 12.4. The maximum absolute atomic E-state index is 12.5. The molecule has 2 amide bonds. The summed E-state index contributed by atoms with van der Waals surface area (Å²) in [4.78, 5) is 26.6. The first kappa shape index (κ1) is 19.0. The minimum Gasteiger partial charge on any atom is -0.349 e. The van der Waals surface area contributed by atoms with Gasteiger partial charge < -0.3 is 10.2 Å². The Morgan fingerprint density at radius 1 is 0.885 bits per heavy atom. The number of rotatable bonds is 3. The van der Waals surface area contributed by atoms with Crippen molar-refractivity contribution in [1.29, 1.82) is 0 Å². The topological polar surface area (TPSA) is 49.4 Å². The molecule has 1 heterocycles. The first-order valence-corrected chi connectivity index (χ1v) is 9.38. The molecule has 0 spiro atoms. The first-order valence-electron chi connectivity index (χ1n) is 8.25. The van der Waals surface area contributed by atoms with Crippen molar-refractivity contribution in [3.63, 3.8) is 0 Å². The second kappa shape index (κ2) is 8.30. The van der Waals surface area contributed by atoms with E-state index >= 15 is 0 Å². The van der Waals surface area contributed by atoms with Gasteiger partial charge in [-0.15, -0.1) is 0 Å². The Labute approximate surface area is 167 Å². The van der Waals surface area contributed by atoms with Gasteiger partial charge in [0.25, 0.3) is 11.8 Å². The Kier molecular flexibility index (Phi) is 6.07. The molecule has 2 aromatic rings. The highest BCUT2D eigenvalue weighted by molar-refractivity contribution is 6.42. The van der Waals surface area contributed by atoms with Gasteiger partial charge in [0.2, 0.25) is 0 Å². The van der Waals surface area contributed by atoms with Gasteiger partial charge >= 0.3 is 0 Å². The molecule has 26 heavy (non-hydrogen) atoms. The predicted octanol–water partition coefficient (Wildman–Crippen LogP) is 4.68. The van der Waals surface area contributed by atoms with E-state index in [4.69, 9.17) is 34.8 Å². The second-order valence-corrected chi connectivity index (χ2v) is 7.43. The summed E-state index contributed by atoms with van der Waals surface area (Å²) in [5, 5.41) is 4.36. The number of likely N-dealkylation sites (tertiary alicyclic amines) is 1. The molecule has 4 nitrogen and oxygen atoms in total. The van der Waals surface area contributed by atoms with Crippen LogP contribution in [0.15, 0.2) is 42.5 Å². The lowest BCUT2D eigenvalue weighted by molar-refractivity contribution is 0.0698. The number of piperidine rings is 1. The van der Waals surface area contributed by atoms with Crippen LogP contribution in [0.5, 0.6) is 0 Å². The second-order valence-electron chi connectivity index (χ2n) is 6.18. The van der Waals surface area contributed by atoms with Gasteiger partial charge in [0.1, 0.15) is 0 Å². The van der Waals surface area contributed by atoms with Crippen LogP contribution in [-0.2, 0) is 0 Å². The van der Waals surface area contributed by atoms with Gasteiger partial charge in [-0.05, 0) is 55.3 Å². The van der Waals surface area contributed by atoms with Crippen LogP contribution in [0.4, 0.5) is 0 Å². The van der Waals surface area contributed by atoms with Gasteiger partial charge in [-0.25, -0.2) is 0 Å². The molecule has 0 aliphatic carbocycles. The normalized spacial score (nSPS) is 15.0. The molecule has 2 aromatic carbocycles. The summed E-state index contributed by atoms with van der Waals surface area (Å²) in [6, 6.07) is 11.7. The molecule has 0 saturated carbocycles. The number of nitrogens with zero attached hydrogens (tertiary/aromatic N) is 1. The highest BCUT2D eigenvalue weighted by atomic mass is 35.5. The Hall–Kier alpha value is -1.75. The third-order valence-electron chi connectivity index (χ3n) is 4.39. The minimum absolute atomic E-state index is 0.0177. The number of carbonyl (C=O) groups excluding carboxylic acids is 2. The number of carbonyl (C=O) groups is 2. The molecule has 0 aromatic heterocycles. The molecule has 1 fully saturated rings. The molecule has 0 radical (unpaired) electrons. The molecule has 7 heteroatoms. The summed E-state index contributed by atoms with van der Waals surface area (Å²) in [6.07, 6.45) is 1.40. The lowest BCUT2D eigenvalue weighted by Gasteiger charge is -2.32. The van der Waals surface area contributed by atoms with Crippen LogP contribution in [0.25, 0.3) is 0 Å². The summed E-state index contributed by atoms with van der Waals surface area (Å²) in [6.45, 7) is 1.18. The van der Waals surface area contributed by atoms with Gasteiger partial charge in [0, 0.05) is 35.3 Å². The lowest BCUT2D eigenvalue weighted by atomic mass is 10.0. The third kappa shape index (κ3) is 4.50. The van der Waals surface area contributed by atoms with Gasteiger partial charge in [-0.1, -0.05) is 34.8 Å². The molecule has 0 bridgehead atoms. The highest BCUT2D eigenvalue weighted by Crippen LogP contribution is 2.23. The van der Waals surface area contributed by atoms with Crippen LogP contribution in [0.1, 0.15) is 33.6 Å². The highest BCUT2D eigenvalue weighted by Gasteiger charge is 2.25. The molecule has 1 aliphatic rings. The van der Waals surface area contributed by atoms with Crippen LogP contribution in [0.3, 0.4) is 0 Å². The lowest BCUT2D eigenvalue weighted by Crippen LogP contribution is -2.46. The number of hydrogen-bond acceptors (Lipinski definition) is 2. The third-order valence-corrected chi connectivity index (χ3v) is 5.38.